The molecular formula is C14H25NO4. The summed E-state index contributed by atoms with van der Waals surface area (Å²) in [4.78, 5) is 25.3. The summed E-state index contributed by atoms with van der Waals surface area (Å²) in [6.45, 7) is 4.50. The lowest BCUT2D eigenvalue weighted by Crippen LogP contribution is -2.43. The number of amides is 1. The molecule has 1 aliphatic heterocycles. The van der Waals surface area contributed by atoms with E-state index in [1.807, 2.05) is 13.8 Å². The van der Waals surface area contributed by atoms with Crippen LogP contribution in [0.25, 0.3) is 0 Å². The van der Waals surface area contributed by atoms with Gasteiger partial charge in [0.05, 0.1) is 6.10 Å². The zero-order chi connectivity index (χ0) is 14.4. The summed E-state index contributed by atoms with van der Waals surface area (Å²) in [7, 11) is 1.56. The van der Waals surface area contributed by atoms with Gasteiger partial charge in [0.15, 0.2) is 0 Å². The van der Waals surface area contributed by atoms with E-state index in [0.29, 0.717) is 13.0 Å². The average Bonchev–Trinajstić information content (AvgIpc) is 2.82. The Kier molecular flexibility index (Phi) is 6.28. The molecule has 0 aromatic heterocycles. The highest BCUT2D eigenvalue weighted by atomic mass is 16.5. The maximum atomic E-state index is 12.5. The zero-order valence-corrected chi connectivity index (χ0v) is 12.1. The number of carbonyl (C=O) groups is 2. The summed E-state index contributed by atoms with van der Waals surface area (Å²) in [5, 5.41) is 9.24. The fraction of sp³-hybridized carbons (Fsp3) is 0.857. The third-order valence-electron chi connectivity index (χ3n) is 3.79. The second-order valence-corrected chi connectivity index (χ2v) is 5.21. The van der Waals surface area contributed by atoms with Gasteiger partial charge in [-0.2, -0.15) is 0 Å². The Morgan fingerprint density at radius 3 is 2.32 bits per heavy atom. The fourth-order valence-corrected chi connectivity index (χ4v) is 2.77. The zero-order valence-electron chi connectivity index (χ0n) is 12.1. The standard InChI is InChI=1S/C14H25NO4/c1-4-6-10(7-5-2)13(16)15-9-11(19-3)8-12(15)14(17)18/h10-12H,4-9H2,1-3H3,(H,17,18). The topological polar surface area (TPSA) is 66.8 Å². The molecule has 1 rings (SSSR count). The molecule has 0 saturated carbocycles. The molecule has 0 aromatic rings. The summed E-state index contributed by atoms with van der Waals surface area (Å²) in [5.41, 5.74) is 0. The third-order valence-corrected chi connectivity index (χ3v) is 3.79. The SMILES string of the molecule is CCCC(CCC)C(=O)N1CC(OC)CC1C(=O)O. The van der Waals surface area contributed by atoms with E-state index < -0.39 is 12.0 Å². The molecule has 1 heterocycles. The van der Waals surface area contributed by atoms with Crippen molar-refractivity contribution in [3.63, 3.8) is 0 Å². The Morgan fingerprint density at radius 1 is 1.32 bits per heavy atom. The second kappa shape index (κ2) is 7.48. The molecule has 1 amide bonds. The van der Waals surface area contributed by atoms with E-state index in [-0.39, 0.29) is 17.9 Å². The van der Waals surface area contributed by atoms with Gasteiger partial charge in [-0.15, -0.1) is 0 Å². The van der Waals surface area contributed by atoms with E-state index in [2.05, 4.69) is 0 Å². The van der Waals surface area contributed by atoms with E-state index in [0.717, 1.165) is 25.7 Å². The summed E-state index contributed by atoms with van der Waals surface area (Å²) >= 11 is 0. The molecule has 19 heavy (non-hydrogen) atoms. The molecule has 1 fully saturated rings. The Bertz CT molecular complexity index is 313. The van der Waals surface area contributed by atoms with Gasteiger partial charge in [0, 0.05) is 26.0 Å². The molecule has 2 atom stereocenters. The second-order valence-electron chi connectivity index (χ2n) is 5.21. The van der Waals surface area contributed by atoms with Crippen LogP contribution in [-0.2, 0) is 14.3 Å². The van der Waals surface area contributed by atoms with Crippen molar-refractivity contribution in [2.24, 2.45) is 5.92 Å². The first kappa shape index (κ1) is 16.0. The molecular weight excluding hydrogens is 246 g/mol. The van der Waals surface area contributed by atoms with Crippen molar-refractivity contribution in [3.8, 4) is 0 Å². The van der Waals surface area contributed by atoms with Gasteiger partial charge in [-0.05, 0) is 12.8 Å². The van der Waals surface area contributed by atoms with Gasteiger partial charge in [-0.1, -0.05) is 26.7 Å². The number of rotatable bonds is 7. The van der Waals surface area contributed by atoms with Crippen LogP contribution in [0.5, 0.6) is 0 Å². The predicted octanol–water partition coefficient (Wildman–Crippen LogP) is 1.90. The lowest BCUT2D eigenvalue weighted by atomic mass is 9.96. The van der Waals surface area contributed by atoms with Crippen molar-refractivity contribution in [1.82, 2.24) is 4.90 Å². The molecule has 0 radical (unpaired) electrons. The van der Waals surface area contributed by atoms with Gasteiger partial charge in [0.2, 0.25) is 5.91 Å². The van der Waals surface area contributed by atoms with Crippen LogP contribution in [0.3, 0.4) is 0 Å². The van der Waals surface area contributed by atoms with Crippen LogP contribution in [0.15, 0.2) is 0 Å². The predicted molar refractivity (Wildman–Crippen MR) is 71.9 cm³/mol. The third kappa shape index (κ3) is 3.93. The fourth-order valence-electron chi connectivity index (χ4n) is 2.77. The minimum absolute atomic E-state index is 0.0179. The molecule has 110 valence electrons. The van der Waals surface area contributed by atoms with Crippen LogP contribution >= 0.6 is 0 Å². The molecule has 1 N–H and O–H groups in total. The first-order valence-corrected chi connectivity index (χ1v) is 7.11. The highest BCUT2D eigenvalue weighted by Gasteiger charge is 2.41. The normalized spacial score (nSPS) is 23.1. The Morgan fingerprint density at radius 2 is 1.89 bits per heavy atom. The van der Waals surface area contributed by atoms with Gasteiger partial charge in [0.1, 0.15) is 6.04 Å². The van der Waals surface area contributed by atoms with Crippen molar-refractivity contribution in [2.75, 3.05) is 13.7 Å². The summed E-state index contributed by atoms with van der Waals surface area (Å²) in [6.07, 6.45) is 3.77. The smallest absolute Gasteiger partial charge is 0.326 e. The van der Waals surface area contributed by atoms with Gasteiger partial charge >= 0.3 is 5.97 Å². The highest BCUT2D eigenvalue weighted by molar-refractivity contribution is 5.85. The molecule has 1 aliphatic rings. The Labute approximate surface area is 114 Å². The number of carboxylic acid groups (broad SMARTS) is 1. The first-order valence-electron chi connectivity index (χ1n) is 7.11. The van der Waals surface area contributed by atoms with E-state index in [4.69, 9.17) is 4.74 Å². The minimum atomic E-state index is -0.931. The summed E-state index contributed by atoms with van der Waals surface area (Å²) in [6, 6.07) is -0.728. The van der Waals surface area contributed by atoms with Crippen molar-refractivity contribution >= 4 is 11.9 Å². The maximum Gasteiger partial charge on any atom is 0.326 e. The number of aliphatic carboxylic acids is 1. The van der Waals surface area contributed by atoms with E-state index in [1.165, 1.54) is 4.90 Å². The lowest BCUT2D eigenvalue weighted by Gasteiger charge is -2.26. The number of nitrogens with zero attached hydrogens (tertiary/aromatic N) is 1. The molecule has 5 heteroatoms. The number of hydrogen-bond donors (Lipinski definition) is 1. The van der Waals surface area contributed by atoms with E-state index in [1.54, 1.807) is 7.11 Å². The van der Waals surface area contributed by atoms with E-state index >= 15 is 0 Å². The molecule has 0 aliphatic carbocycles. The van der Waals surface area contributed by atoms with Gasteiger partial charge in [-0.25, -0.2) is 4.79 Å². The molecule has 0 aromatic carbocycles. The van der Waals surface area contributed by atoms with Crippen molar-refractivity contribution in [3.05, 3.63) is 0 Å². The van der Waals surface area contributed by atoms with Crippen molar-refractivity contribution < 1.29 is 19.4 Å². The van der Waals surface area contributed by atoms with Crippen LogP contribution in [0.1, 0.15) is 46.0 Å². The molecule has 2 unspecified atom stereocenters. The number of methoxy groups -OCH3 is 1. The summed E-state index contributed by atoms with van der Waals surface area (Å²) in [5.74, 6) is -0.997. The average molecular weight is 271 g/mol. The first-order chi connectivity index (χ1) is 9.04. The Balaban J connectivity index is 2.79. The minimum Gasteiger partial charge on any atom is -0.480 e. The lowest BCUT2D eigenvalue weighted by molar-refractivity contribution is -0.150. The van der Waals surface area contributed by atoms with Crippen LogP contribution in [0.4, 0.5) is 0 Å². The van der Waals surface area contributed by atoms with Crippen LogP contribution in [0.2, 0.25) is 0 Å². The van der Waals surface area contributed by atoms with Crippen LogP contribution in [-0.4, -0.2) is 47.7 Å². The quantitative estimate of drug-likeness (QED) is 0.768. The van der Waals surface area contributed by atoms with Crippen molar-refractivity contribution in [2.45, 2.75) is 58.1 Å². The largest absolute Gasteiger partial charge is 0.480 e. The number of ether oxygens (including phenoxy) is 1. The monoisotopic (exact) mass is 271 g/mol. The summed E-state index contributed by atoms with van der Waals surface area (Å²) < 4.78 is 5.21. The van der Waals surface area contributed by atoms with Crippen LogP contribution < -0.4 is 0 Å². The molecule has 1 saturated heterocycles. The van der Waals surface area contributed by atoms with Gasteiger partial charge in [0.25, 0.3) is 0 Å². The number of carbonyl (C=O) groups excluding carboxylic acids is 1. The molecule has 5 nitrogen and oxygen atoms in total. The highest BCUT2D eigenvalue weighted by Crippen LogP contribution is 2.25. The number of carboxylic acids is 1. The molecule has 0 bridgehead atoms. The Hall–Kier alpha value is -1.10. The van der Waals surface area contributed by atoms with Gasteiger partial charge in [-0.3, -0.25) is 4.79 Å². The molecule has 0 spiro atoms. The van der Waals surface area contributed by atoms with Crippen molar-refractivity contribution in [1.29, 1.82) is 0 Å². The van der Waals surface area contributed by atoms with E-state index in [9.17, 15) is 14.7 Å². The van der Waals surface area contributed by atoms with Crippen LogP contribution in [0, 0.1) is 5.92 Å². The maximum absolute atomic E-state index is 12.5. The van der Waals surface area contributed by atoms with Gasteiger partial charge < -0.3 is 14.7 Å². The number of likely N-dealkylation sites (tertiary alicyclic amines) is 1. The number of hydrogen-bond acceptors (Lipinski definition) is 3.